The molecule has 7 nitrogen and oxygen atoms in total. The van der Waals surface area contributed by atoms with E-state index in [2.05, 4.69) is 0 Å². The highest BCUT2D eigenvalue weighted by molar-refractivity contribution is 6.46. The summed E-state index contributed by atoms with van der Waals surface area (Å²) in [5.74, 6) is -1.37. The summed E-state index contributed by atoms with van der Waals surface area (Å²) in [7, 11) is 1.49. The Morgan fingerprint density at radius 3 is 2.47 bits per heavy atom. The zero-order valence-corrected chi connectivity index (χ0v) is 17.3. The van der Waals surface area contributed by atoms with Crippen molar-refractivity contribution in [2.75, 3.05) is 26.9 Å². The van der Waals surface area contributed by atoms with Crippen LogP contribution >= 0.6 is 11.6 Å². The van der Waals surface area contributed by atoms with Gasteiger partial charge in [0.25, 0.3) is 11.7 Å². The number of methoxy groups -OCH3 is 1. The van der Waals surface area contributed by atoms with Crippen LogP contribution in [0.5, 0.6) is 11.5 Å². The van der Waals surface area contributed by atoms with E-state index in [1.807, 2.05) is 6.92 Å². The highest BCUT2D eigenvalue weighted by Gasteiger charge is 2.45. The van der Waals surface area contributed by atoms with Crippen molar-refractivity contribution < 1.29 is 29.3 Å². The first-order valence-corrected chi connectivity index (χ1v) is 9.75. The van der Waals surface area contributed by atoms with Gasteiger partial charge in [0.05, 0.1) is 29.9 Å². The maximum atomic E-state index is 12.8. The van der Waals surface area contributed by atoms with Gasteiger partial charge < -0.3 is 24.6 Å². The number of carbonyl (C=O) groups excluding carboxylic acids is 2. The van der Waals surface area contributed by atoms with Gasteiger partial charge in [-0.25, -0.2) is 0 Å². The highest BCUT2D eigenvalue weighted by atomic mass is 35.5. The summed E-state index contributed by atoms with van der Waals surface area (Å²) in [6.45, 7) is 2.63. The molecule has 1 aliphatic rings. The van der Waals surface area contributed by atoms with Crippen LogP contribution in [0.3, 0.4) is 0 Å². The Kier molecular flexibility index (Phi) is 6.64. The number of halogens is 1. The lowest BCUT2D eigenvalue weighted by Crippen LogP contribution is -2.32. The number of amides is 1. The van der Waals surface area contributed by atoms with E-state index in [1.54, 1.807) is 24.3 Å². The number of carbonyl (C=O) groups is 2. The molecular formula is C22H22ClNO6. The van der Waals surface area contributed by atoms with Crippen LogP contribution in [0.2, 0.25) is 5.02 Å². The number of phenolic OH excluding ortho intramolecular Hbond substituents is 1. The SMILES string of the molecule is CCOc1ccc(C(O)=C2C(=O)C(=O)N(CCOC)[C@@H]2c2ccc(O)cc2)cc1Cl. The molecule has 1 amide bonds. The third-order valence-electron chi connectivity index (χ3n) is 4.79. The van der Waals surface area contributed by atoms with Gasteiger partial charge in [-0.1, -0.05) is 23.7 Å². The first-order chi connectivity index (χ1) is 14.4. The van der Waals surface area contributed by atoms with Gasteiger partial charge in [0.1, 0.15) is 17.3 Å². The number of nitrogens with zero attached hydrogens (tertiary/aromatic N) is 1. The third-order valence-corrected chi connectivity index (χ3v) is 5.09. The number of ketones is 1. The standard InChI is InChI=1S/C22H22ClNO6/c1-3-30-17-9-6-14(12-16(17)23)20(26)18-19(13-4-7-15(25)8-5-13)24(10-11-29-2)22(28)21(18)27/h4-9,12,19,25-26H,3,10-11H2,1-2H3/t19-/m1/s1. The van der Waals surface area contributed by atoms with E-state index in [9.17, 15) is 19.8 Å². The monoisotopic (exact) mass is 431 g/mol. The molecule has 0 bridgehead atoms. The van der Waals surface area contributed by atoms with E-state index in [1.165, 1.54) is 30.2 Å². The summed E-state index contributed by atoms with van der Waals surface area (Å²) < 4.78 is 10.5. The predicted molar refractivity (Wildman–Crippen MR) is 112 cm³/mol. The Bertz CT molecular complexity index is 986. The Balaban J connectivity index is 2.13. The second-order valence-corrected chi connectivity index (χ2v) is 7.06. The molecule has 1 aliphatic heterocycles. The minimum absolute atomic E-state index is 0.0471. The molecule has 2 aromatic rings. The predicted octanol–water partition coefficient (Wildman–Crippen LogP) is 3.51. The quantitative estimate of drug-likeness (QED) is 0.395. The van der Waals surface area contributed by atoms with E-state index in [4.69, 9.17) is 21.1 Å². The summed E-state index contributed by atoms with van der Waals surface area (Å²) in [4.78, 5) is 26.9. The van der Waals surface area contributed by atoms with E-state index >= 15 is 0 Å². The second-order valence-electron chi connectivity index (χ2n) is 6.66. The lowest BCUT2D eigenvalue weighted by atomic mass is 9.95. The summed E-state index contributed by atoms with van der Waals surface area (Å²) >= 11 is 6.23. The molecule has 2 aromatic carbocycles. The molecule has 1 heterocycles. The fourth-order valence-electron chi connectivity index (χ4n) is 3.38. The molecule has 1 saturated heterocycles. The average Bonchev–Trinajstić information content (AvgIpc) is 2.98. The van der Waals surface area contributed by atoms with E-state index in [-0.39, 0.29) is 40.8 Å². The van der Waals surface area contributed by atoms with E-state index < -0.39 is 17.7 Å². The van der Waals surface area contributed by atoms with Gasteiger partial charge in [0.15, 0.2) is 0 Å². The zero-order chi connectivity index (χ0) is 21.8. The molecule has 0 aliphatic carbocycles. The molecular weight excluding hydrogens is 410 g/mol. The van der Waals surface area contributed by atoms with Gasteiger partial charge in [-0.05, 0) is 42.8 Å². The van der Waals surface area contributed by atoms with Gasteiger partial charge in [-0.2, -0.15) is 0 Å². The lowest BCUT2D eigenvalue weighted by Gasteiger charge is -2.25. The van der Waals surface area contributed by atoms with Crippen molar-refractivity contribution in [1.82, 2.24) is 4.90 Å². The fraction of sp³-hybridized carbons (Fsp3) is 0.273. The van der Waals surface area contributed by atoms with Crippen molar-refractivity contribution >= 4 is 29.1 Å². The topological polar surface area (TPSA) is 96.3 Å². The molecule has 0 unspecified atom stereocenters. The maximum absolute atomic E-state index is 12.8. The van der Waals surface area contributed by atoms with Crippen LogP contribution in [0.25, 0.3) is 5.76 Å². The zero-order valence-electron chi connectivity index (χ0n) is 16.6. The summed E-state index contributed by atoms with van der Waals surface area (Å²) in [5, 5.41) is 20.9. The van der Waals surface area contributed by atoms with Crippen molar-refractivity contribution in [2.45, 2.75) is 13.0 Å². The van der Waals surface area contributed by atoms with Crippen molar-refractivity contribution in [3.05, 3.63) is 64.2 Å². The van der Waals surface area contributed by atoms with E-state index in [0.29, 0.717) is 17.9 Å². The molecule has 158 valence electrons. The van der Waals surface area contributed by atoms with Crippen LogP contribution in [0.4, 0.5) is 0 Å². The van der Waals surface area contributed by atoms with Crippen LogP contribution in [-0.2, 0) is 14.3 Å². The number of aliphatic hydroxyl groups is 1. The number of aliphatic hydroxyl groups excluding tert-OH is 1. The summed E-state index contributed by atoms with van der Waals surface area (Å²) in [5.41, 5.74) is 0.806. The molecule has 0 radical (unpaired) electrons. The normalized spacial score (nSPS) is 18.1. The van der Waals surface area contributed by atoms with E-state index in [0.717, 1.165) is 0 Å². The average molecular weight is 432 g/mol. The molecule has 1 fully saturated rings. The maximum Gasteiger partial charge on any atom is 0.295 e. The Morgan fingerprint density at radius 2 is 1.87 bits per heavy atom. The Morgan fingerprint density at radius 1 is 1.17 bits per heavy atom. The van der Waals surface area contributed by atoms with Crippen molar-refractivity contribution in [2.24, 2.45) is 0 Å². The fourth-order valence-corrected chi connectivity index (χ4v) is 3.61. The van der Waals surface area contributed by atoms with Gasteiger partial charge in [0, 0.05) is 19.2 Å². The van der Waals surface area contributed by atoms with Gasteiger partial charge >= 0.3 is 0 Å². The molecule has 0 spiro atoms. The number of benzene rings is 2. The van der Waals surface area contributed by atoms with Crippen LogP contribution in [0.15, 0.2) is 48.0 Å². The molecule has 30 heavy (non-hydrogen) atoms. The number of rotatable bonds is 7. The van der Waals surface area contributed by atoms with Crippen molar-refractivity contribution in [1.29, 1.82) is 0 Å². The molecule has 3 rings (SSSR count). The number of Topliss-reactive ketones (excluding diaryl/α,β-unsaturated/α-hetero) is 1. The van der Waals surface area contributed by atoms with Crippen molar-refractivity contribution in [3.63, 3.8) is 0 Å². The van der Waals surface area contributed by atoms with Crippen LogP contribution in [0.1, 0.15) is 24.1 Å². The molecule has 0 saturated carbocycles. The first kappa shape index (κ1) is 21.7. The molecule has 0 aromatic heterocycles. The van der Waals surface area contributed by atoms with Gasteiger partial charge in [-0.15, -0.1) is 0 Å². The summed E-state index contributed by atoms with van der Waals surface area (Å²) in [6, 6.07) is 9.94. The number of hydrogen-bond acceptors (Lipinski definition) is 6. The highest BCUT2D eigenvalue weighted by Crippen LogP contribution is 2.40. The second kappa shape index (κ2) is 9.19. The van der Waals surface area contributed by atoms with Crippen LogP contribution in [0, 0.1) is 0 Å². The first-order valence-electron chi connectivity index (χ1n) is 9.38. The molecule has 2 N–H and O–H groups in total. The number of aromatic hydroxyl groups is 1. The van der Waals surface area contributed by atoms with Crippen molar-refractivity contribution in [3.8, 4) is 11.5 Å². The summed E-state index contributed by atoms with van der Waals surface area (Å²) in [6.07, 6.45) is 0. The number of ether oxygens (including phenoxy) is 2. The van der Waals surface area contributed by atoms with Gasteiger partial charge in [0.2, 0.25) is 0 Å². The molecule has 8 heteroatoms. The Labute approximate surface area is 179 Å². The smallest absolute Gasteiger partial charge is 0.295 e. The minimum Gasteiger partial charge on any atom is -0.508 e. The number of hydrogen-bond donors (Lipinski definition) is 2. The van der Waals surface area contributed by atoms with Gasteiger partial charge in [-0.3, -0.25) is 9.59 Å². The van der Waals surface area contributed by atoms with Crippen LogP contribution < -0.4 is 4.74 Å². The third kappa shape index (κ3) is 4.13. The lowest BCUT2D eigenvalue weighted by molar-refractivity contribution is -0.140. The Hall–Kier alpha value is -3.03. The molecule has 1 atom stereocenters. The van der Waals surface area contributed by atoms with Crippen LogP contribution in [-0.4, -0.2) is 53.7 Å². The minimum atomic E-state index is -0.828. The largest absolute Gasteiger partial charge is 0.508 e. The number of likely N-dealkylation sites (tertiary alicyclic amines) is 1. The number of phenols is 1.